The molecule has 0 radical (unpaired) electrons. The lowest BCUT2D eigenvalue weighted by Gasteiger charge is -2.41. The molecular weight excluding hydrogens is 614 g/mol. The summed E-state index contributed by atoms with van der Waals surface area (Å²) in [5.41, 5.74) is 1.35. The number of carbonyl (C=O) groups excluding carboxylic acids is 3. The molecule has 5 rings (SSSR count). The highest BCUT2D eigenvalue weighted by Gasteiger charge is 2.75. The summed E-state index contributed by atoms with van der Waals surface area (Å²) in [7, 11) is 1.59. The van der Waals surface area contributed by atoms with Crippen molar-refractivity contribution in [2.45, 2.75) is 62.1 Å². The average molecular weight is 662 g/mol. The molecule has 7 atom stereocenters. The van der Waals surface area contributed by atoms with Gasteiger partial charge in [0.25, 0.3) is 5.91 Å². The number of thioether (sulfide) groups is 1. The van der Waals surface area contributed by atoms with E-state index in [1.54, 1.807) is 57.9 Å². The number of ether oxygens (including phenoxy) is 2. The molecule has 1 N–H and O–H groups in total. The Kier molecular flexibility index (Phi) is 10.7. The summed E-state index contributed by atoms with van der Waals surface area (Å²) >= 11 is 1.62. The van der Waals surface area contributed by atoms with Crippen molar-refractivity contribution >= 4 is 40.9 Å². The number of fused-ring (bicyclic) bond motifs is 1. The van der Waals surface area contributed by atoms with Crippen LogP contribution in [0, 0.1) is 17.8 Å². The van der Waals surface area contributed by atoms with E-state index >= 15 is 0 Å². The minimum Gasteiger partial charge on any atom is -0.497 e. The first-order valence-electron chi connectivity index (χ1n) is 16.5. The Morgan fingerprint density at radius 2 is 1.60 bits per heavy atom. The zero-order chi connectivity index (χ0) is 33.9. The van der Waals surface area contributed by atoms with Crippen LogP contribution in [0.4, 0.5) is 11.4 Å². The topological polar surface area (TPSA) is 99.6 Å². The van der Waals surface area contributed by atoms with Gasteiger partial charge in [-0.3, -0.25) is 14.4 Å². The van der Waals surface area contributed by atoms with Crippen LogP contribution >= 0.6 is 11.8 Å². The van der Waals surface area contributed by atoms with Gasteiger partial charge in [-0.1, -0.05) is 32.4 Å². The predicted molar refractivity (Wildman–Crippen MR) is 187 cm³/mol. The molecule has 2 unspecified atom stereocenters. The first-order chi connectivity index (χ1) is 22.7. The molecule has 0 aromatic heterocycles. The normalized spacial score (nSPS) is 25.6. The van der Waals surface area contributed by atoms with Crippen LogP contribution in [-0.2, 0) is 14.4 Å². The maximum absolute atomic E-state index is 15.0. The van der Waals surface area contributed by atoms with E-state index in [9.17, 15) is 19.5 Å². The minimum atomic E-state index is -0.862. The monoisotopic (exact) mass is 661 g/mol. The Balaban J connectivity index is 1.58. The zero-order valence-corrected chi connectivity index (χ0v) is 28.7. The molecule has 10 heteroatoms. The number of rotatable bonds is 15. The molecule has 9 nitrogen and oxygen atoms in total. The lowest BCUT2D eigenvalue weighted by atomic mass is 9.70. The number of likely N-dealkylation sites (tertiary alicyclic amines) is 1. The van der Waals surface area contributed by atoms with Gasteiger partial charge in [0.1, 0.15) is 17.5 Å². The molecule has 1 spiro atoms. The van der Waals surface area contributed by atoms with Crippen LogP contribution < -0.4 is 19.3 Å². The van der Waals surface area contributed by atoms with Gasteiger partial charge in [0.15, 0.2) is 0 Å². The number of hydrogen-bond acceptors (Lipinski definition) is 7. The molecule has 3 amide bonds. The van der Waals surface area contributed by atoms with E-state index in [1.807, 2.05) is 57.2 Å². The number of methoxy groups -OCH3 is 1. The lowest BCUT2D eigenvalue weighted by Crippen LogP contribution is -2.58. The number of nitrogens with zero attached hydrogens (tertiary/aromatic N) is 3. The lowest BCUT2D eigenvalue weighted by molar-refractivity contribution is -0.143. The molecule has 0 saturated carbocycles. The third kappa shape index (κ3) is 6.06. The SMILES string of the molecule is C=CCN(C(=O)C1N([C@@H](CO)[C@@H](C)CC)C(=O)[C@@H]2[C@@H](C(=O)N(CC=C)c3ccc(OCC)cc3)[C@H]3CCC12S3)c1ccc(OC)cc1. The summed E-state index contributed by atoms with van der Waals surface area (Å²) in [6.07, 6.45) is 5.41. The predicted octanol–water partition coefficient (Wildman–Crippen LogP) is 5.33. The van der Waals surface area contributed by atoms with Gasteiger partial charge in [0.2, 0.25) is 11.8 Å². The molecule has 0 aliphatic carbocycles. The highest BCUT2D eigenvalue weighted by atomic mass is 32.2. The molecule has 2 aromatic rings. The van der Waals surface area contributed by atoms with E-state index in [-0.39, 0.29) is 48.6 Å². The van der Waals surface area contributed by atoms with Crippen LogP contribution in [0.1, 0.15) is 40.0 Å². The highest BCUT2D eigenvalue weighted by molar-refractivity contribution is 8.02. The van der Waals surface area contributed by atoms with Crippen molar-refractivity contribution in [2.24, 2.45) is 17.8 Å². The average Bonchev–Trinajstić information content (AvgIpc) is 3.74. The number of benzene rings is 2. The van der Waals surface area contributed by atoms with Gasteiger partial charge in [-0.2, -0.15) is 0 Å². The number of aliphatic hydroxyl groups is 1. The van der Waals surface area contributed by atoms with Gasteiger partial charge in [0, 0.05) is 29.7 Å². The van der Waals surface area contributed by atoms with Crippen LogP contribution in [0.3, 0.4) is 0 Å². The maximum atomic E-state index is 15.0. The molecular formula is C37H47N3O6S. The van der Waals surface area contributed by atoms with Crippen LogP contribution in [-0.4, -0.2) is 83.2 Å². The van der Waals surface area contributed by atoms with Gasteiger partial charge in [-0.05, 0) is 74.2 Å². The van der Waals surface area contributed by atoms with Crippen LogP contribution in [0.2, 0.25) is 0 Å². The summed E-state index contributed by atoms with van der Waals surface area (Å²) in [5.74, 6) is -0.641. The summed E-state index contributed by atoms with van der Waals surface area (Å²) in [4.78, 5) is 49.5. The summed E-state index contributed by atoms with van der Waals surface area (Å²) in [5, 5.41) is 10.6. The van der Waals surface area contributed by atoms with Crippen molar-refractivity contribution in [3.63, 3.8) is 0 Å². The van der Waals surface area contributed by atoms with E-state index in [0.717, 1.165) is 0 Å². The van der Waals surface area contributed by atoms with E-state index in [0.29, 0.717) is 48.7 Å². The maximum Gasteiger partial charge on any atom is 0.251 e. The minimum absolute atomic E-state index is 0.0687. The number of amides is 3. The second kappa shape index (κ2) is 14.6. The zero-order valence-electron chi connectivity index (χ0n) is 27.8. The number of aliphatic hydroxyl groups excluding tert-OH is 1. The van der Waals surface area contributed by atoms with E-state index in [4.69, 9.17) is 9.47 Å². The molecule has 252 valence electrons. The van der Waals surface area contributed by atoms with Crippen molar-refractivity contribution in [3.05, 3.63) is 73.8 Å². The van der Waals surface area contributed by atoms with Crippen LogP contribution in [0.5, 0.6) is 11.5 Å². The van der Waals surface area contributed by atoms with Crippen molar-refractivity contribution < 1.29 is 29.0 Å². The second-order valence-electron chi connectivity index (χ2n) is 12.5. The third-order valence-electron chi connectivity index (χ3n) is 10.1. The van der Waals surface area contributed by atoms with Gasteiger partial charge in [-0.25, -0.2) is 0 Å². The van der Waals surface area contributed by atoms with Crippen LogP contribution in [0.25, 0.3) is 0 Å². The highest BCUT2D eigenvalue weighted by Crippen LogP contribution is 2.67. The molecule has 2 aromatic carbocycles. The third-order valence-corrected chi connectivity index (χ3v) is 12.1. The van der Waals surface area contributed by atoms with Crippen molar-refractivity contribution in [1.29, 1.82) is 0 Å². The fourth-order valence-corrected chi connectivity index (χ4v) is 9.90. The Bertz CT molecular complexity index is 1470. The summed E-state index contributed by atoms with van der Waals surface area (Å²) in [6, 6.07) is 13.2. The Morgan fingerprint density at radius 3 is 2.11 bits per heavy atom. The fourth-order valence-electron chi connectivity index (χ4n) is 7.71. The van der Waals surface area contributed by atoms with Gasteiger partial charge >= 0.3 is 0 Å². The van der Waals surface area contributed by atoms with Crippen molar-refractivity contribution in [1.82, 2.24) is 4.90 Å². The van der Waals surface area contributed by atoms with E-state index in [1.165, 1.54) is 0 Å². The number of hydrogen-bond donors (Lipinski definition) is 1. The molecule has 2 bridgehead atoms. The molecule has 3 heterocycles. The smallest absolute Gasteiger partial charge is 0.251 e. The molecule has 47 heavy (non-hydrogen) atoms. The van der Waals surface area contributed by atoms with Gasteiger partial charge < -0.3 is 29.3 Å². The standard InChI is InChI=1S/C37H47N3O6S/c1-7-21-38(25-13-17-28(18-14-25)46-10-4)34(42)31-30-19-20-37(47-30)32(31)35(43)40(29(23-41)24(5)9-3)33(37)36(44)39(22-8-2)26-11-15-27(45-6)16-12-26/h7-8,11-18,24,29-33,41H,1-2,9-10,19-23H2,3-6H3/t24-,29-,30+,31-,32-,33?,37?/m0/s1. The first kappa shape index (κ1) is 34.6. The van der Waals surface area contributed by atoms with E-state index in [2.05, 4.69) is 13.2 Å². The largest absolute Gasteiger partial charge is 0.497 e. The number of carbonyl (C=O) groups is 3. The summed E-state index contributed by atoms with van der Waals surface area (Å²) in [6.45, 7) is 14.5. The van der Waals surface area contributed by atoms with Gasteiger partial charge in [-0.15, -0.1) is 24.9 Å². The van der Waals surface area contributed by atoms with Crippen molar-refractivity contribution in [3.8, 4) is 11.5 Å². The molecule has 3 fully saturated rings. The fraction of sp³-hybridized carbons (Fsp3) is 0.486. The second-order valence-corrected chi connectivity index (χ2v) is 14.1. The Morgan fingerprint density at radius 1 is 1.02 bits per heavy atom. The molecule has 3 aliphatic heterocycles. The quantitative estimate of drug-likeness (QED) is 0.258. The van der Waals surface area contributed by atoms with Crippen LogP contribution in [0.15, 0.2) is 73.8 Å². The van der Waals surface area contributed by atoms with E-state index < -0.39 is 28.7 Å². The first-order valence-corrected chi connectivity index (χ1v) is 17.4. The summed E-state index contributed by atoms with van der Waals surface area (Å²) < 4.78 is 10.1. The molecule has 3 saturated heterocycles. The Hall–Kier alpha value is -3.76. The van der Waals surface area contributed by atoms with Gasteiger partial charge in [0.05, 0.1) is 42.9 Å². The Labute approximate surface area is 282 Å². The van der Waals surface area contributed by atoms with Crippen molar-refractivity contribution in [2.75, 3.05) is 43.2 Å². The number of anilines is 2. The molecule has 3 aliphatic rings.